The van der Waals surface area contributed by atoms with Crippen LogP contribution in [0.3, 0.4) is 0 Å². The van der Waals surface area contributed by atoms with Gasteiger partial charge in [0.05, 0.1) is 17.3 Å². The highest BCUT2D eigenvalue weighted by Gasteiger charge is 2.64. The first-order valence-electron chi connectivity index (χ1n) is 7.25. The first kappa shape index (κ1) is 12.0. The van der Waals surface area contributed by atoms with Crippen LogP contribution in [-0.4, -0.2) is 22.4 Å². The highest BCUT2D eigenvalue weighted by Crippen LogP contribution is 2.61. The molecule has 17 heavy (non-hydrogen) atoms. The van der Waals surface area contributed by atoms with Crippen molar-refractivity contribution in [2.45, 2.75) is 70.7 Å². The summed E-state index contributed by atoms with van der Waals surface area (Å²) in [6, 6.07) is 0. The first-order chi connectivity index (χ1) is 7.85. The predicted octanol–water partition coefficient (Wildman–Crippen LogP) is 2.99. The van der Waals surface area contributed by atoms with E-state index in [9.17, 15) is 5.11 Å². The third kappa shape index (κ3) is 1.53. The SMILES string of the molecule is CC(C)C1CC[C@]2(C)OC1C1C2CC[C@@]1(C)O. The topological polar surface area (TPSA) is 29.5 Å². The summed E-state index contributed by atoms with van der Waals surface area (Å²) < 4.78 is 6.40. The van der Waals surface area contributed by atoms with Crippen molar-refractivity contribution >= 4 is 0 Å². The van der Waals surface area contributed by atoms with Crippen LogP contribution in [0, 0.1) is 23.7 Å². The largest absolute Gasteiger partial charge is 0.390 e. The van der Waals surface area contributed by atoms with Gasteiger partial charge in [-0.3, -0.25) is 0 Å². The van der Waals surface area contributed by atoms with Crippen molar-refractivity contribution in [3.05, 3.63) is 0 Å². The molecule has 2 nitrogen and oxygen atoms in total. The van der Waals surface area contributed by atoms with E-state index < -0.39 is 5.60 Å². The third-order valence-electron chi connectivity index (χ3n) is 5.91. The van der Waals surface area contributed by atoms with Gasteiger partial charge in [-0.2, -0.15) is 0 Å². The molecule has 2 heterocycles. The molecule has 1 aliphatic carbocycles. The van der Waals surface area contributed by atoms with Crippen LogP contribution in [0.25, 0.3) is 0 Å². The summed E-state index contributed by atoms with van der Waals surface area (Å²) >= 11 is 0. The number of aliphatic hydroxyl groups is 1. The van der Waals surface area contributed by atoms with E-state index in [4.69, 9.17) is 4.74 Å². The zero-order chi connectivity index (χ0) is 12.4. The quantitative estimate of drug-likeness (QED) is 0.761. The Labute approximate surface area is 105 Å². The van der Waals surface area contributed by atoms with Gasteiger partial charge in [0, 0.05) is 5.92 Å². The molecule has 0 radical (unpaired) electrons. The van der Waals surface area contributed by atoms with E-state index in [1.54, 1.807) is 0 Å². The molecule has 4 unspecified atom stereocenters. The van der Waals surface area contributed by atoms with E-state index in [1.807, 2.05) is 6.92 Å². The van der Waals surface area contributed by atoms with Crippen molar-refractivity contribution in [2.24, 2.45) is 23.7 Å². The van der Waals surface area contributed by atoms with Gasteiger partial charge in [0.2, 0.25) is 0 Å². The Balaban J connectivity index is 1.96. The lowest BCUT2D eigenvalue weighted by Gasteiger charge is -2.40. The summed E-state index contributed by atoms with van der Waals surface area (Å²) in [6.07, 6.45) is 4.88. The van der Waals surface area contributed by atoms with Crippen LogP contribution < -0.4 is 0 Å². The van der Waals surface area contributed by atoms with Gasteiger partial charge >= 0.3 is 0 Å². The maximum atomic E-state index is 10.6. The number of hydrogen-bond donors (Lipinski definition) is 1. The van der Waals surface area contributed by atoms with Gasteiger partial charge in [-0.15, -0.1) is 0 Å². The lowest BCUT2D eigenvalue weighted by Crippen LogP contribution is -2.43. The van der Waals surface area contributed by atoms with Gasteiger partial charge < -0.3 is 9.84 Å². The Kier molecular flexibility index (Phi) is 2.45. The summed E-state index contributed by atoms with van der Waals surface area (Å²) in [4.78, 5) is 0. The van der Waals surface area contributed by atoms with Crippen molar-refractivity contribution in [3.8, 4) is 0 Å². The second-order valence-electron chi connectivity index (χ2n) is 7.37. The normalized spacial score (nSPS) is 57.5. The molecule has 0 aromatic carbocycles. The van der Waals surface area contributed by atoms with E-state index in [1.165, 1.54) is 12.8 Å². The summed E-state index contributed by atoms with van der Waals surface area (Å²) in [7, 11) is 0. The number of hydrogen-bond acceptors (Lipinski definition) is 2. The molecule has 0 spiro atoms. The van der Waals surface area contributed by atoms with Crippen LogP contribution in [0.1, 0.15) is 53.4 Å². The van der Waals surface area contributed by atoms with Crippen molar-refractivity contribution in [1.29, 1.82) is 0 Å². The molecule has 6 atom stereocenters. The van der Waals surface area contributed by atoms with Gasteiger partial charge in [0.25, 0.3) is 0 Å². The fourth-order valence-corrected chi connectivity index (χ4v) is 4.90. The van der Waals surface area contributed by atoms with Crippen LogP contribution in [-0.2, 0) is 4.74 Å². The molecule has 2 saturated heterocycles. The molecule has 2 heteroatoms. The van der Waals surface area contributed by atoms with Crippen LogP contribution in [0.4, 0.5) is 0 Å². The van der Waals surface area contributed by atoms with Crippen LogP contribution in [0.2, 0.25) is 0 Å². The molecule has 3 rings (SSSR count). The molecular weight excluding hydrogens is 212 g/mol. The maximum Gasteiger partial charge on any atom is 0.0691 e. The van der Waals surface area contributed by atoms with Crippen LogP contribution in [0.15, 0.2) is 0 Å². The van der Waals surface area contributed by atoms with E-state index >= 15 is 0 Å². The second-order valence-corrected chi connectivity index (χ2v) is 7.37. The van der Waals surface area contributed by atoms with Gasteiger partial charge in [0.1, 0.15) is 0 Å². The van der Waals surface area contributed by atoms with Crippen molar-refractivity contribution in [1.82, 2.24) is 0 Å². The summed E-state index contributed by atoms with van der Waals surface area (Å²) in [5.74, 6) is 2.27. The van der Waals surface area contributed by atoms with Crippen LogP contribution in [0.5, 0.6) is 0 Å². The molecule has 0 aromatic rings. The predicted molar refractivity (Wildman–Crippen MR) is 67.7 cm³/mol. The summed E-state index contributed by atoms with van der Waals surface area (Å²) in [5, 5.41) is 10.6. The van der Waals surface area contributed by atoms with Gasteiger partial charge in [-0.05, 0) is 57.3 Å². The zero-order valence-corrected chi connectivity index (χ0v) is 11.6. The highest BCUT2D eigenvalue weighted by atomic mass is 16.5. The average Bonchev–Trinajstić information content (AvgIpc) is 2.64. The molecule has 1 N–H and O–H groups in total. The minimum atomic E-state index is -0.495. The molecule has 3 aliphatic rings. The first-order valence-corrected chi connectivity index (χ1v) is 7.25. The summed E-state index contributed by atoms with van der Waals surface area (Å²) in [5.41, 5.74) is -0.439. The molecule has 98 valence electrons. The minimum Gasteiger partial charge on any atom is -0.390 e. The van der Waals surface area contributed by atoms with Crippen molar-refractivity contribution in [3.63, 3.8) is 0 Å². The summed E-state index contributed by atoms with van der Waals surface area (Å²) in [6.45, 7) is 8.91. The molecular formula is C15H26O2. The zero-order valence-electron chi connectivity index (χ0n) is 11.6. The smallest absolute Gasteiger partial charge is 0.0691 e. The number of fused-ring (bicyclic) bond motifs is 5. The van der Waals surface area contributed by atoms with E-state index in [-0.39, 0.29) is 5.60 Å². The Hall–Kier alpha value is -0.0800. The minimum absolute atomic E-state index is 0.0568. The van der Waals surface area contributed by atoms with Crippen molar-refractivity contribution < 1.29 is 9.84 Å². The van der Waals surface area contributed by atoms with E-state index in [2.05, 4.69) is 20.8 Å². The molecule has 2 bridgehead atoms. The van der Waals surface area contributed by atoms with Crippen molar-refractivity contribution in [2.75, 3.05) is 0 Å². The molecule has 0 amide bonds. The average molecular weight is 238 g/mol. The Morgan fingerprint density at radius 2 is 1.88 bits per heavy atom. The Morgan fingerprint density at radius 3 is 2.53 bits per heavy atom. The second kappa shape index (κ2) is 3.48. The van der Waals surface area contributed by atoms with Gasteiger partial charge in [-0.25, -0.2) is 0 Å². The van der Waals surface area contributed by atoms with E-state index in [0.29, 0.717) is 29.8 Å². The Morgan fingerprint density at radius 1 is 1.18 bits per heavy atom. The van der Waals surface area contributed by atoms with Gasteiger partial charge in [-0.1, -0.05) is 13.8 Å². The number of ether oxygens (including phenoxy) is 1. The molecule has 3 fully saturated rings. The Bertz CT molecular complexity index is 323. The van der Waals surface area contributed by atoms with E-state index in [0.717, 1.165) is 12.8 Å². The van der Waals surface area contributed by atoms with Gasteiger partial charge in [0.15, 0.2) is 0 Å². The highest BCUT2D eigenvalue weighted by molar-refractivity contribution is 5.13. The number of rotatable bonds is 1. The fourth-order valence-electron chi connectivity index (χ4n) is 4.90. The lowest BCUT2D eigenvalue weighted by atomic mass is 9.76. The van der Waals surface area contributed by atoms with Crippen LogP contribution >= 0.6 is 0 Å². The molecule has 1 saturated carbocycles. The standard InChI is InChI=1S/C15H26O2/c1-9(2)10-5-8-15(4)11-6-7-14(3,16)12(11)13(10)17-15/h9-13,16H,5-8H2,1-4H3/t10?,11?,12?,13?,14-,15+/m1/s1. The molecule has 0 aromatic heterocycles. The lowest BCUT2D eigenvalue weighted by molar-refractivity contribution is -0.134. The molecule has 2 aliphatic heterocycles. The monoisotopic (exact) mass is 238 g/mol. The maximum absolute atomic E-state index is 10.6. The fraction of sp³-hybridized carbons (Fsp3) is 1.00. The third-order valence-corrected chi connectivity index (χ3v) is 5.91.